The molecular weight excluding hydrogens is 368 g/mol. The van der Waals surface area contributed by atoms with E-state index in [0.29, 0.717) is 11.4 Å². The smallest absolute Gasteiger partial charge is 0.338 e. The number of carbonyl (C=O) groups excluding carboxylic acids is 3. The number of carbonyl (C=O) groups is 3. The fourth-order valence-corrected chi connectivity index (χ4v) is 2.21. The first-order valence-corrected chi connectivity index (χ1v) is 8.13. The van der Waals surface area contributed by atoms with Crippen LogP contribution in [0.5, 0.6) is 17.2 Å². The Hall–Kier alpha value is -3.75. The quantitative estimate of drug-likeness (QED) is 0.621. The van der Waals surface area contributed by atoms with Crippen LogP contribution in [-0.4, -0.2) is 45.2 Å². The van der Waals surface area contributed by atoms with Crippen molar-refractivity contribution < 1.29 is 33.3 Å². The molecule has 0 saturated heterocycles. The lowest BCUT2D eigenvalue weighted by Crippen LogP contribution is -2.21. The van der Waals surface area contributed by atoms with Crippen LogP contribution in [0.25, 0.3) is 0 Å². The van der Waals surface area contributed by atoms with Crippen molar-refractivity contribution in [1.29, 1.82) is 0 Å². The molecule has 0 unspecified atom stereocenters. The number of ether oxygens (including phenoxy) is 4. The molecule has 9 heteroatoms. The Labute approximate surface area is 161 Å². The molecule has 0 spiro atoms. The van der Waals surface area contributed by atoms with Gasteiger partial charge in [-0.25, -0.2) is 4.79 Å². The van der Waals surface area contributed by atoms with Gasteiger partial charge in [-0.2, -0.15) is 0 Å². The van der Waals surface area contributed by atoms with Crippen molar-refractivity contribution in [2.75, 3.05) is 32.8 Å². The highest BCUT2D eigenvalue weighted by Crippen LogP contribution is 2.28. The molecular formula is C19H20N2O7. The standard InChI is InChI=1S/C19H20N2O7/c1-25-14-6-4-3-5-13(14)21-18(23)11-28-19(24)12-7-8-15(16(9-12)26-2)27-10-17(20)22/h3-9H,10-11H2,1-2H3,(H2,20,22)(H,21,23). The Morgan fingerprint density at radius 1 is 0.929 bits per heavy atom. The molecule has 28 heavy (non-hydrogen) atoms. The second kappa shape index (κ2) is 9.81. The number of esters is 1. The van der Waals surface area contributed by atoms with Crippen LogP contribution in [0.2, 0.25) is 0 Å². The van der Waals surface area contributed by atoms with Gasteiger partial charge in [0.05, 0.1) is 25.5 Å². The molecule has 0 fully saturated rings. The van der Waals surface area contributed by atoms with Gasteiger partial charge in [0.25, 0.3) is 11.8 Å². The number of nitrogens with two attached hydrogens (primary N) is 1. The highest BCUT2D eigenvalue weighted by atomic mass is 16.5. The maximum absolute atomic E-state index is 12.2. The van der Waals surface area contributed by atoms with Gasteiger partial charge in [-0.1, -0.05) is 12.1 Å². The minimum atomic E-state index is -0.727. The van der Waals surface area contributed by atoms with E-state index in [0.717, 1.165) is 0 Å². The average Bonchev–Trinajstić information content (AvgIpc) is 2.70. The Morgan fingerprint density at radius 2 is 1.64 bits per heavy atom. The second-order valence-corrected chi connectivity index (χ2v) is 5.45. The molecule has 9 nitrogen and oxygen atoms in total. The highest BCUT2D eigenvalue weighted by molar-refractivity contribution is 5.96. The van der Waals surface area contributed by atoms with E-state index in [-0.39, 0.29) is 23.7 Å². The van der Waals surface area contributed by atoms with E-state index in [1.807, 2.05) is 0 Å². The van der Waals surface area contributed by atoms with Gasteiger partial charge in [-0.3, -0.25) is 9.59 Å². The van der Waals surface area contributed by atoms with E-state index in [1.54, 1.807) is 24.3 Å². The largest absolute Gasteiger partial charge is 0.495 e. The van der Waals surface area contributed by atoms with Crippen LogP contribution in [-0.2, 0) is 14.3 Å². The third kappa shape index (κ3) is 5.63. The molecule has 0 heterocycles. The number of primary amides is 1. The van der Waals surface area contributed by atoms with Crippen molar-refractivity contribution in [3.63, 3.8) is 0 Å². The Kier molecular flexibility index (Phi) is 7.21. The summed E-state index contributed by atoms with van der Waals surface area (Å²) in [7, 11) is 2.86. The summed E-state index contributed by atoms with van der Waals surface area (Å²) < 4.78 is 20.4. The van der Waals surface area contributed by atoms with Crippen LogP contribution in [0.4, 0.5) is 5.69 Å². The third-order valence-corrected chi connectivity index (χ3v) is 3.48. The SMILES string of the molecule is COc1ccccc1NC(=O)COC(=O)c1ccc(OCC(N)=O)c(OC)c1. The fourth-order valence-electron chi connectivity index (χ4n) is 2.21. The molecule has 2 aromatic rings. The number of amides is 2. The van der Waals surface area contributed by atoms with Gasteiger partial charge in [-0.15, -0.1) is 0 Å². The van der Waals surface area contributed by atoms with E-state index in [2.05, 4.69) is 5.32 Å². The topological polar surface area (TPSA) is 126 Å². The summed E-state index contributed by atoms with van der Waals surface area (Å²) in [6.45, 7) is -0.817. The molecule has 148 valence electrons. The lowest BCUT2D eigenvalue weighted by Gasteiger charge is -2.12. The average molecular weight is 388 g/mol. The Bertz CT molecular complexity index is 867. The molecule has 0 bridgehead atoms. The summed E-state index contributed by atoms with van der Waals surface area (Å²) in [6.07, 6.45) is 0. The zero-order chi connectivity index (χ0) is 20.5. The molecule has 2 rings (SSSR count). The molecule has 0 saturated carbocycles. The summed E-state index contributed by atoms with van der Waals surface area (Å²) >= 11 is 0. The van der Waals surface area contributed by atoms with E-state index >= 15 is 0 Å². The van der Waals surface area contributed by atoms with Crippen LogP contribution in [0, 0.1) is 0 Å². The maximum atomic E-state index is 12.2. The van der Waals surface area contributed by atoms with Gasteiger partial charge >= 0.3 is 5.97 Å². The van der Waals surface area contributed by atoms with Gasteiger partial charge in [0.15, 0.2) is 24.7 Å². The minimum absolute atomic E-state index is 0.147. The molecule has 0 aliphatic carbocycles. The summed E-state index contributed by atoms with van der Waals surface area (Å²) in [5, 5.41) is 2.60. The number of benzene rings is 2. The molecule has 3 N–H and O–H groups in total. The monoisotopic (exact) mass is 388 g/mol. The van der Waals surface area contributed by atoms with Crippen LogP contribution in [0.15, 0.2) is 42.5 Å². The third-order valence-electron chi connectivity index (χ3n) is 3.48. The summed E-state index contributed by atoms with van der Waals surface area (Å²) in [4.78, 5) is 35.0. The van der Waals surface area contributed by atoms with E-state index in [9.17, 15) is 14.4 Å². The van der Waals surface area contributed by atoms with Gasteiger partial charge in [-0.05, 0) is 30.3 Å². The first-order chi connectivity index (χ1) is 13.4. The fraction of sp³-hybridized carbons (Fsp3) is 0.211. The Morgan fingerprint density at radius 3 is 2.32 bits per heavy atom. The van der Waals surface area contributed by atoms with Crippen LogP contribution in [0.1, 0.15) is 10.4 Å². The molecule has 0 aliphatic heterocycles. The van der Waals surface area contributed by atoms with Gasteiger partial charge in [0.2, 0.25) is 0 Å². The zero-order valence-electron chi connectivity index (χ0n) is 15.4. The number of hydrogen-bond donors (Lipinski definition) is 2. The molecule has 0 aromatic heterocycles. The van der Waals surface area contributed by atoms with Crippen molar-refractivity contribution in [2.24, 2.45) is 5.73 Å². The summed E-state index contributed by atoms with van der Waals surface area (Å²) in [6, 6.07) is 11.1. The van der Waals surface area contributed by atoms with E-state index in [4.69, 9.17) is 24.7 Å². The van der Waals surface area contributed by atoms with Crippen molar-refractivity contribution in [3.8, 4) is 17.2 Å². The lowest BCUT2D eigenvalue weighted by atomic mass is 10.2. The number of methoxy groups -OCH3 is 2. The molecule has 0 aliphatic rings. The number of hydrogen-bond acceptors (Lipinski definition) is 7. The maximum Gasteiger partial charge on any atom is 0.338 e. The summed E-state index contributed by atoms with van der Waals surface area (Å²) in [5.74, 6) is -0.952. The van der Waals surface area contributed by atoms with E-state index < -0.39 is 24.4 Å². The molecule has 0 atom stereocenters. The summed E-state index contributed by atoms with van der Waals surface area (Å²) in [5.41, 5.74) is 5.64. The molecule has 2 amide bonds. The van der Waals surface area contributed by atoms with Gasteiger partial charge in [0, 0.05) is 0 Å². The van der Waals surface area contributed by atoms with Crippen LogP contribution in [0.3, 0.4) is 0 Å². The van der Waals surface area contributed by atoms with E-state index in [1.165, 1.54) is 32.4 Å². The normalized spacial score (nSPS) is 9.93. The van der Waals surface area contributed by atoms with Crippen LogP contribution < -0.4 is 25.3 Å². The zero-order valence-corrected chi connectivity index (χ0v) is 15.4. The molecule has 2 aromatic carbocycles. The van der Waals surface area contributed by atoms with Gasteiger partial charge in [0.1, 0.15) is 5.75 Å². The van der Waals surface area contributed by atoms with Gasteiger partial charge < -0.3 is 30.0 Å². The highest BCUT2D eigenvalue weighted by Gasteiger charge is 2.15. The predicted octanol–water partition coefficient (Wildman–Crippen LogP) is 1.36. The second-order valence-electron chi connectivity index (χ2n) is 5.45. The first-order valence-electron chi connectivity index (χ1n) is 8.13. The Balaban J connectivity index is 1.96. The number of rotatable bonds is 9. The first kappa shape index (κ1) is 20.6. The number of anilines is 1. The predicted molar refractivity (Wildman–Crippen MR) is 99.6 cm³/mol. The number of nitrogens with one attached hydrogen (secondary N) is 1. The lowest BCUT2D eigenvalue weighted by molar-refractivity contribution is -0.120. The van der Waals surface area contributed by atoms with Crippen molar-refractivity contribution in [3.05, 3.63) is 48.0 Å². The van der Waals surface area contributed by atoms with Crippen molar-refractivity contribution >= 4 is 23.5 Å². The molecule has 0 radical (unpaired) electrons. The van der Waals surface area contributed by atoms with Crippen molar-refractivity contribution in [1.82, 2.24) is 0 Å². The minimum Gasteiger partial charge on any atom is -0.495 e. The van der Waals surface area contributed by atoms with Crippen molar-refractivity contribution in [2.45, 2.75) is 0 Å². The van der Waals surface area contributed by atoms with Crippen LogP contribution >= 0.6 is 0 Å². The number of para-hydroxylation sites is 2.